The lowest BCUT2D eigenvalue weighted by molar-refractivity contribution is 0.0699. The smallest absolute Gasteiger partial charge is 0.336 e. The summed E-state index contributed by atoms with van der Waals surface area (Å²) in [5, 5.41) is 11.5. The van der Waals surface area contributed by atoms with E-state index in [1.54, 1.807) is 18.2 Å². The fraction of sp³-hybridized carbons (Fsp3) is 0.160. The lowest BCUT2D eigenvalue weighted by Gasteiger charge is -2.15. The number of fused-ring (bicyclic) bond motifs is 1. The third kappa shape index (κ3) is 4.55. The maximum atomic E-state index is 11.5. The molecule has 0 saturated heterocycles. The minimum absolute atomic E-state index is 0.286. The van der Waals surface area contributed by atoms with Crippen LogP contribution < -0.4 is 4.74 Å². The fourth-order valence-corrected chi connectivity index (χ4v) is 4.15. The van der Waals surface area contributed by atoms with Crippen molar-refractivity contribution in [2.75, 3.05) is 0 Å². The maximum Gasteiger partial charge on any atom is 0.336 e. The van der Waals surface area contributed by atoms with Gasteiger partial charge in [-0.15, -0.1) is 0 Å². The van der Waals surface area contributed by atoms with E-state index in [0.29, 0.717) is 28.6 Å². The Balaban J connectivity index is 1.63. The van der Waals surface area contributed by atoms with Gasteiger partial charge in [-0.05, 0) is 66.1 Å². The second-order valence-corrected chi connectivity index (χ2v) is 8.17. The van der Waals surface area contributed by atoms with Crippen LogP contribution in [0.5, 0.6) is 5.75 Å². The Morgan fingerprint density at radius 3 is 2.45 bits per heavy atom. The van der Waals surface area contributed by atoms with E-state index < -0.39 is 5.97 Å². The van der Waals surface area contributed by atoms with Crippen molar-refractivity contribution in [2.45, 2.75) is 26.5 Å². The summed E-state index contributed by atoms with van der Waals surface area (Å²) in [6.07, 6.45) is 2.75. The summed E-state index contributed by atoms with van der Waals surface area (Å²) in [7, 11) is 0. The van der Waals surface area contributed by atoms with Gasteiger partial charge in [-0.1, -0.05) is 42.3 Å². The number of benzene rings is 3. The van der Waals surface area contributed by atoms with Crippen LogP contribution in [0.15, 0.2) is 66.9 Å². The molecule has 4 rings (SSSR count). The minimum Gasteiger partial charge on any atom is -0.489 e. The number of carboxylic acid groups (broad SMARTS) is 1. The molecule has 0 amide bonds. The Hall–Kier alpha value is -2.95. The monoisotopic (exact) mass is 453 g/mol. The number of carboxylic acids is 1. The number of aryl methyl sites for hydroxylation is 1. The van der Waals surface area contributed by atoms with Crippen LogP contribution in [-0.2, 0) is 19.6 Å². The average molecular weight is 454 g/mol. The number of halogens is 2. The Morgan fingerprint density at radius 2 is 1.71 bits per heavy atom. The third-order valence-corrected chi connectivity index (χ3v) is 5.81. The van der Waals surface area contributed by atoms with Gasteiger partial charge in [-0.2, -0.15) is 0 Å². The van der Waals surface area contributed by atoms with Crippen molar-refractivity contribution in [3.05, 3.63) is 99.2 Å². The van der Waals surface area contributed by atoms with E-state index >= 15 is 0 Å². The molecule has 0 aliphatic rings. The van der Waals surface area contributed by atoms with E-state index in [1.807, 2.05) is 53.2 Å². The summed E-state index contributed by atoms with van der Waals surface area (Å²) in [6.45, 7) is 3.01. The third-order valence-electron chi connectivity index (χ3n) is 5.34. The van der Waals surface area contributed by atoms with Gasteiger partial charge in [-0.25, -0.2) is 4.79 Å². The SMILES string of the molecule is CCc1cc(Cl)ccc1COc1ccc(Cl)cc1Cn1ccc2c(C(=O)O)cccc21. The predicted molar refractivity (Wildman–Crippen MR) is 125 cm³/mol. The first-order valence-corrected chi connectivity index (χ1v) is 10.7. The molecule has 158 valence electrons. The summed E-state index contributed by atoms with van der Waals surface area (Å²) >= 11 is 12.4. The summed E-state index contributed by atoms with van der Waals surface area (Å²) < 4.78 is 8.17. The molecule has 4 aromatic rings. The Morgan fingerprint density at radius 1 is 0.968 bits per heavy atom. The summed E-state index contributed by atoms with van der Waals surface area (Å²) in [4.78, 5) is 11.5. The van der Waals surface area contributed by atoms with Crippen molar-refractivity contribution >= 4 is 40.1 Å². The van der Waals surface area contributed by atoms with E-state index in [-0.39, 0.29) is 5.56 Å². The second kappa shape index (κ2) is 9.04. The number of hydrogen-bond acceptors (Lipinski definition) is 2. The number of hydrogen-bond donors (Lipinski definition) is 1. The van der Waals surface area contributed by atoms with E-state index in [2.05, 4.69) is 6.92 Å². The van der Waals surface area contributed by atoms with Crippen molar-refractivity contribution in [2.24, 2.45) is 0 Å². The first-order valence-electron chi connectivity index (χ1n) is 9.96. The molecule has 31 heavy (non-hydrogen) atoms. The minimum atomic E-state index is -0.940. The van der Waals surface area contributed by atoms with Gasteiger partial charge in [0, 0.05) is 32.7 Å². The van der Waals surface area contributed by atoms with Gasteiger partial charge in [0.25, 0.3) is 0 Å². The zero-order valence-electron chi connectivity index (χ0n) is 16.9. The Labute approximate surface area is 190 Å². The van der Waals surface area contributed by atoms with Crippen LogP contribution in [0.2, 0.25) is 10.0 Å². The lowest BCUT2D eigenvalue weighted by Crippen LogP contribution is -2.05. The lowest BCUT2D eigenvalue weighted by atomic mass is 10.1. The highest BCUT2D eigenvalue weighted by Crippen LogP contribution is 2.28. The molecule has 0 aliphatic carbocycles. The molecule has 0 radical (unpaired) electrons. The number of ether oxygens (including phenoxy) is 1. The molecule has 4 nitrogen and oxygen atoms in total. The van der Waals surface area contributed by atoms with Crippen molar-refractivity contribution < 1.29 is 14.6 Å². The molecule has 0 unspecified atom stereocenters. The van der Waals surface area contributed by atoms with Crippen molar-refractivity contribution in [3.8, 4) is 5.75 Å². The van der Waals surface area contributed by atoms with Crippen molar-refractivity contribution in [3.63, 3.8) is 0 Å². The molecule has 0 saturated carbocycles. The van der Waals surface area contributed by atoms with E-state index in [1.165, 1.54) is 0 Å². The first-order chi connectivity index (χ1) is 15.0. The summed E-state index contributed by atoms with van der Waals surface area (Å²) in [5.74, 6) is -0.206. The zero-order valence-corrected chi connectivity index (χ0v) is 18.5. The van der Waals surface area contributed by atoms with Gasteiger partial charge in [-0.3, -0.25) is 0 Å². The molecular formula is C25H21Cl2NO3. The number of carbonyl (C=O) groups is 1. The quantitative estimate of drug-likeness (QED) is 0.333. The zero-order chi connectivity index (χ0) is 22.0. The topological polar surface area (TPSA) is 51.5 Å². The molecule has 1 heterocycles. The largest absolute Gasteiger partial charge is 0.489 e. The predicted octanol–water partition coefficient (Wildman–Crippen LogP) is 6.84. The molecule has 0 aliphatic heterocycles. The van der Waals surface area contributed by atoms with Crippen LogP contribution in [0, 0.1) is 0 Å². The molecule has 0 bridgehead atoms. The van der Waals surface area contributed by atoms with E-state index in [9.17, 15) is 9.90 Å². The van der Waals surface area contributed by atoms with Gasteiger partial charge in [0.15, 0.2) is 0 Å². The molecular weight excluding hydrogens is 433 g/mol. The first kappa shape index (κ1) is 21.3. The molecule has 0 fully saturated rings. The molecule has 6 heteroatoms. The van der Waals surface area contributed by atoms with Crippen LogP contribution in [0.4, 0.5) is 0 Å². The highest BCUT2D eigenvalue weighted by atomic mass is 35.5. The van der Waals surface area contributed by atoms with Crippen LogP contribution in [0.3, 0.4) is 0 Å². The van der Waals surface area contributed by atoms with Gasteiger partial charge in [0.05, 0.1) is 12.1 Å². The fourth-order valence-electron chi connectivity index (χ4n) is 3.76. The van der Waals surface area contributed by atoms with Crippen LogP contribution in [0.25, 0.3) is 10.9 Å². The molecule has 3 aromatic carbocycles. The van der Waals surface area contributed by atoms with Crippen LogP contribution in [-0.4, -0.2) is 15.6 Å². The highest BCUT2D eigenvalue weighted by Gasteiger charge is 2.13. The van der Waals surface area contributed by atoms with E-state index in [0.717, 1.165) is 34.4 Å². The van der Waals surface area contributed by atoms with Gasteiger partial charge in [0.2, 0.25) is 0 Å². The molecule has 1 aromatic heterocycles. The van der Waals surface area contributed by atoms with Gasteiger partial charge < -0.3 is 14.4 Å². The van der Waals surface area contributed by atoms with Crippen LogP contribution in [0.1, 0.15) is 34.0 Å². The van der Waals surface area contributed by atoms with Crippen LogP contribution >= 0.6 is 23.2 Å². The highest BCUT2D eigenvalue weighted by molar-refractivity contribution is 6.31. The second-order valence-electron chi connectivity index (χ2n) is 7.29. The Bertz CT molecular complexity index is 1260. The summed E-state index contributed by atoms with van der Waals surface area (Å²) in [5.41, 5.74) is 4.29. The maximum absolute atomic E-state index is 11.5. The van der Waals surface area contributed by atoms with Gasteiger partial charge >= 0.3 is 5.97 Å². The van der Waals surface area contributed by atoms with Crippen molar-refractivity contribution in [1.82, 2.24) is 4.57 Å². The van der Waals surface area contributed by atoms with Crippen molar-refractivity contribution in [1.29, 1.82) is 0 Å². The average Bonchev–Trinajstić information content (AvgIpc) is 3.16. The molecule has 0 atom stereocenters. The molecule has 0 spiro atoms. The number of aromatic carboxylic acids is 1. The number of rotatable bonds is 7. The van der Waals surface area contributed by atoms with Gasteiger partial charge in [0.1, 0.15) is 12.4 Å². The standard InChI is InChI=1S/C25H21Cl2NO3/c1-2-16-12-19(26)7-6-17(16)15-31-24-9-8-20(27)13-18(24)14-28-11-10-21-22(25(29)30)4-3-5-23(21)28/h3-13H,2,14-15H2,1H3,(H,29,30). The number of nitrogens with zero attached hydrogens (tertiary/aromatic N) is 1. The normalized spacial score (nSPS) is 11.1. The van der Waals surface area contributed by atoms with E-state index in [4.69, 9.17) is 27.9 Å². The molecule has 1 N–H and O–H groups in total. The number of aromatic nitrogens is 1. The Kier molecular flexibility index (Phi) is 6.21. The summed E-state index contributed by atoms with van der Waals surface area (Å²) in [6, 6.07) is 18.5.